The number of carboxylic acid groups (broad SMARTS) is 1. The molecule has 1 aromatic heterocycles. The first-order valence-corrected chi connectivity index (χ1v) is 5.43. The van der Waals surface area contributed by atoms with Crippen LogP contribution in [0.5, 0.6) is 0 Å². The molecular weight excluding hydrogens is 248 g/mol. The second-order valence-corrected chi connectivity index (χ2v) is 4.60. The summed E-state index contributed by atoms with van der Waals surface area (Å²) in [5.41, 5.74) is -0.136. The Morgan fingerprint density at radius 1 is 1.59 bits per heavy atom. The van der Waals surface area contributed by atoms with Crippen molar-refractivity contribution < 1.29 is 19.6 Å². The Morgan fingerprint density at radius 2 is 2.18 bits per heavy atom. The number of rotatable bonds is 4. The number of amides is 1. The molecule has 8 heteroatoms. The molecule has 0 saturated heterocycles. The molecule has 0 bridgehead atoms. The number of carbonyl (C=O) groups excluding carboxylic acids is 1. The molecule has 0 aromatic carbocycles. The van der Waals surface area contributed by atoms with E-state index in [1.54, 1.807) is 0 Å². The zero-order chi connectivity index (χ0) is 13.2. The van der Waals surface area contributed by atoms with Gasteiger partial charge >= 0.3 is 5.97 Å². The highest BCUT2D eigenvalue weighted by Crippen LogP contribution is 2.27. The molecule has 0 aliphatic heterocycles. The number of thiophene rings is 1. The second-order valence-electron chi connectivity index (χ2n) is 3.34. The quantitative estimate of drug-likeness (QED) is 0.622. The van der Waals surface area contributed by atoms with Crippen LogP contribution >= 0.6 is 11.3 Å². The molecule has 0 saturated carbocycles. The number of hydrogen-bond donors (Lipinski definition) is 2. The minimum atomic E-state index is -1.17. The smallest absolute Gasteiger partial charge is 0.325 e. The van der Waals surface area contributed by atoms with E-state index in [1.165, 1.54) is 13.8 Å². The molecule has 0 spiro atoms. The van der Waals surface area contributed by atoms with Gasteiger partial charge in [0.15, 0.2) is 0 Å². The summed E-state index contributed by atoms with van der Waals surface area (Å²) in [6, 6.07) is 0.105. The van der Waals surface area contributed by atoms with Crippen LogP contribution in [0.25, 0.3) is 0 Å². The van der Waals surface area contributed by atoms with Gasteiger partial charge < -0.3 is 10.4 Å². The van der Waals surface area contributed by atoms with Crippen LogP contribution in [0.1, 0.15) is 21.5 Å². The summed E-state index contributed by atoms with van der Waals surface area (Å²) in [5.74, 6) is -1.79. The Morgan fingerprint density at radius 3 is 2.59 bits per heavy atom. The van der Waals surface area contributed by atoms with Crippen molar-refractivity contribution in [2.24, 2.45) is 0 Å². The van der Waals surface area contributed by atoms with E-state index in [0.29, 0.717) is 4.88 Å². The van der Waals surface area contributed by atoms with Gasteiger partial charge in [0.1, 0.15) is 6.04 Å². The topological polar surface area (TPSA) is 110 Å². The molecule has 0 aliphatic carbocycles. The number of nitro groups is 1. The summed E-state index contributed by atoms with van der Waals surface area (Å²) in [7, 11) is 0. The van der Waals surface area contributed by atoms with Crippen molar-refractivity contribution in [1.82, 2.24) is 5.32 Å². The number of carboxylic acids is 1. The predicted octanol–water partition coefficient (Wildman–Crippen LogP) is 1.17. The Kier molecular flexibility index (Phi) is 3.79. The summed E-state index contributed by atoms with van der Waals surface area (Å²) in [6.45, 7) is 2.84. The van der Waals surface area contributed by atoms with E-state index < -0.39 is 22.8 Å². The first kappa shape index (κ1) is 13.1. The maximum Gasteiger partial charge on any atom is 0.325 e. The number of aliphatic carboxylic acids is 1. The van der Waals surface area contributed by atoms with Crippen molar-refractivity contribution in [3.8, 4) is 0 Å². The molecule has 92 valence electrons. The number of nitrogens with one attached hydrogen (secondary N) is 1. The Balaban J connectivity index is 2.87. The van der Waals surface area contributed by atoms with Gasteiger partial charge in [0.25, 0.3) is 11.6 Å². The largest absolute Gasteiger partial charge is 0.480 e. The Labute approximate surface area is 100 Å². The normalized spacial score (nSPS) is 11.9. The molecule has 0 unspecified atom stereocenters. The van der Waals surface area contributed by atoms with Crippen LogP contribution in [0.4, 0.5) is 5.69 Å². The molecule has 2 N–H and O–H groups in total. The monoisotopic (exact) mass is 258 g/mol. The third-order valence-corrected chi connectivity index (χ3v) is 3.07. The van der Waals surface area contributed by atoms with Crippen LogP contribution < -0.4 is 5.32 Å². The van der Waals surface area contributed by atoms with Gasteiger partial charge in [-0.25, -0.2) is 0 Å². The van der Waals surface area contributed by atoms with Crippen LogP contribution in [0, 0.1) is 17.0 Å². The molecular formula is C9H10N2O5S. The van der Waals surface area contributed by atoms with E-state index in [9.17, 15) is 19.7 Å². The first-order valence-electron chi connectivity index (χ1n) is 4.61. The lowest BCUT2D eigenvalue weighted by Gasteiger charge is -2.06. The summed E-state index contributed by atoms with van der Waals surface area (Å²) in [4.78, 5) is 32.6. The van der Waals surface area contributed by atoms with E-state index in [0.717, 1.165) is 17.4 Å². The van der Waals surface area contributed by atoms with E-state index in [4.69, 9.17) is 5.11 Å². The van der Waals surface area contributed by atoms with Crippen molar-refractivity contribution in [3.63, 3.8) is 0 Å². The Hall–Kier alpha value is -1.96. The van der Waals surface area contributed by atoms with E-state index >= 15 is 0 Å². The van der Waals surface area contributed by atoms with Crippen molar-refractivity contribution in [3.05, 3.63) is 25.9 Å². The standard InChI is InChI=1S/C9H10N2O5S/c1-4(9(13)14)10-8(12)7-3-6(11(15)16)5(2)17-7/h3-4H,1-2H3,(H,10,12)(H,13,14)/t4-/m0/s1. The number of nitrogens with zero attached hydrogens (tertiary/aromatic N) is 1. The third-order valence-electron chi connectivity index (χ3n) is 2.03. The summed E-state index contributed by atoms with van der Waals surface area (Å²) in [5, 5.41) is 21.4. The van der Waals surface area contributed by atoms with Crippen LogP contribution in [0.3, 0.4) is 0 Å². The van der Waals surface area contributed by atoms with Gasteiger partial charge in [0.05, 0.1) is 14.7 Å². The SMILES string of the molecule is Cc1sc(C(=O)N[C@@H](C)C(=O)O)cc1[N+](=O)[O-]. The maximum absolute atomic E-state index is 11.6. The fraction of sp³-hybridized carbons (Fsp3) is 0.333. The summed E-state index contributed by atoms with van der Waals surface area (Å²) in [6.07, 6.45) is 0. The van der Waals surface area contributed by atoms with Crippen molar-refractivity contribution in [2.75, 3.05) is 0 Å². The molecule has 1 amide bonds. The second kappa shape index (κ2) is 4.91. The lowest BCUT2D eigenvalue weighted by Crippen LogP contribution is -2.37. The minimum absolute atomic E-state index is 0.127. The van der Waals surface area contributed by atoms with Crippen LogP contribution in [-0.4, -0.2) is 27.9 Å². The van der Waals surface area contributed by atoms with Gasteiger partial charge in [-0.2, -0.15) is 0 Å². The zero-order valence-electron chi connectivity index (χ0n) is 9.09. The average Bonchev–Trinajstić information content (AvgIpc) is 2.60. The summed E-state index contributed by atoms with van der Waals surface area (Å²) < 4.78 is 0. The van der Waals surface area contributed by atoms with Crippen LogP contribution in [-0.2, 0) is 4.79 Å². The predicted molar refractivity (Wildman–Crippen MR) is 60.3 cm³/mol. The molecule has 0 fully saturated rings. The van der Waals surface area contributed by atoms with E-state index in [1.807, 2.05) is 0 Å². The highest BCUT2D eigenvalue weighted by Gasteiger charge is 2.21. The highest BCUT2D eigenvalue weighted by molar-refractivity contribution is 7.14. The van der Waals surface area contributed by atoms with Gasteiger partial charge in [-0.15, -0.1) is 11.3 Å². The lowest BCUT2D eigenvalue weighted by atomic mass is 10.3. The number of aryl methyl sites for hydroxylation is 1. The van der Waals surface area contributed by atoms with Crippen LogP contribution in [0.15, 0.2) is 6.07 Å². The van der Waals surface area contributed by atoms with Gasteiger partial charge in [-0.05, 0) is 13.8 Å². The molecule has 7 nitrogen and oxygen atoms in total. The molecule has 1 aromatic rings. The minimum Gasteiger partial charge on any atom is -0.480 e. The van der Waals surface area contributed by atoms with Gasteiger partial charge in [-0.3, -0.25) is 19.7 Å². The fourth-order valence-electron chi connectivity index (χ4n) is 1.10. The summed E-state index contributed by atoms with van der Waals surface area (Å²) >= 11 is 0.958. The van der Waals surface area contributed by atoms with Crippen molar-refractivity contribution >= 4 is 28.9 Å². The van der Waals surface area contributed by atoms with Crippen molar-refractivity contribution in [2.45, 2.75) is 19.9 Å². The maximum atomic E-state index is 11.6. The molecule has 0 radical (unpaired) electrons. The molecule has 0 aliphatic rings. The molecule has 1 heterocycles. The zero-order valence-corrected chi connectivity index (χ0v) is 9.91. The number of carbonyl (C=O) groups is 2. The third kappa shape index (κ3) is 3.00. The van der Waals surface area contributed by atoms with Crippen molar-refractivity contribution in [1.29, 1.82) is 0 Å². The van der Waals surface area contributed by atoms with Gasteiger partial charge in [0, 0.05) is 6.07 Å². The van der Waals surface area contributed by atoms with Gasteiger partial charge in [0.2, 0.25) is 0 Å². The number of hydrogen-bond acceptors (Lipinski definition) is 5. The van der Waals surface area contributed by atoms with E-state index in [-0.39, 0.29) is 10.6 Å². The Bertz CT molecular complexity index is 482. The average molecular weight is 258 g/mol. The lowest BCUT2D eigenvalue weighted by molar-refractivity contribution is -0.385. The highest BCUT2D eigenvalue weighted by atomic mass is 32.1. The molecule has 1 rings (SSSR count). The van der Waals surface area contributed by atoms with Gasteiger partial charge in [-0.1, -0.05) is 0 Å². The van der Waals surface area contributed by atoms with Crippen LogP contribution in [0.2, 0.25) is 0 Å². The first-order chi connectivity index (χ1) is 7.82. The molecule has 17 heavy (non-hydrogen) atoms. The molecule has 1 atom stereocenters. The van der Waals surface area contributed by atoms with E-state index in [2.05, 4.69) is 5.32 Å². The fourth-order valence-corrected chi connectivity index (χ4v) is 1.99.